The summed E-state index contributed by atoms with van der Waals surface area (Å²) in [7, 11) is 1.48. The fourth-order valence-electron chi connectivity index (χ4n) is 5.19. The second-order valence-corrected chi connectivity index (χ2v) is 10.8. The van der Waals surface area contributed by atoms with Gasteiger partial charge in [-0.15, -0.1) is 0 Å². The van der Waals surface area contributed by atoms with Gasteiger partial charge in [0.25, 0.3) is 11.8 Å². The predicted molar refractivity (Wildman–Crippen MR) is 155 cm³/mol. The number of hydrogen-bond acceptors (Lipinski definition) is 8. The Bertz CT molecular complexity index is 1550. The summed E-state index contributed by atoms with van der Waals surface area (Å²) < 4.78 is 28.6. The lowest BCUT2D eigenvalue weighted by atomic mass is 10.1. The highest BCUT2D eigenvalue weighted by atomic mass is 35.5. The molecule has 224 valence electrons. The molecule has 3 aromatic carbocycles. The summed E-state index contributed by atoms with van der Waals surface area (Å²) in [4.78, 5) is 41.0. The summed E-state index contributed by atoms with van der Waals surface area (Å²) in [5, 5.41) is 6.25. The molecule has 3 amide bonds. The Kier molecular flexibility index (Phi) is 8.15. The van der Waals surface area contributed by atoms with E-state index in [-0.39, 0.29) is 49.6 Å². The third-order valence-electron chi connectivity index (χ3n) is 7.47. The van der Waals surface area contributed by atoms with Gasteiger partial charge in [-0.2, -0.15) is 0 Å². The molecule has 12 heteroatoms. The summed E-state index contributed by atoms with van der Waals surface area (Å²) in [6.07, 6.45) is -0.485. The maximum Gasteiger partial charge on any atom is 0.258 e. The van der Waals surface area contributed by atoms with Crippen LogP contribution in [0.15, 0.2) is 54.6 Å². The highest BCUT2D eigenvalue weighted by Gasteiger charge is 2.38. The number of rotatable bonds is 3. The highest BCUT2D eigenvalue weighted by molar-refractivity contribution is 6.31. The van der Waals surface area contributed by atoms with Gasteiger partial charge >= 0.3 is 0 Å². The summed E-state index contributed by atoms with van der Waals surface area (Å²) >= 11 is 6.48. The first-order chi connectivity index (χ1) is 20.9. The van der Waals surface area contributed by atoms with Crippen molar-refractivity contribution in [1.82, 2.24) is 15.5 Å². The minimum absolute atomic E-state index is 0.0441. The Morgan fingerprint density at radius 2 is 1.74 bits per heavy atom. The van der Waals surface area contributed by atoms with E-state index in [1.165, 1.54) is 13.2 Å². The van der Waals surface area contributed by atoms with Gasteiger partial charge in [-0.25, -0.2) is 0 Å². The van der Waals surface area contributed by atoms with Crippen LogP contribution in [0, 0.1) is 0 Å². The molecule has 4 bridgehead atoms. The Morgan fingerprint density at radius 3 is 2.51 bits per heavy atom. The van der Waals surface area contributed by atoms with E-state index < -0.39 is 12.1 Å². The molecule has 0 aliphatic carbocycles. The van der Waals surface area contributed by atoms with Crippen molar-refractivity contribution in [2.24, 2.45) is 0 Å². The van der Waals surface area contributed by atoms with Crippen LogP contribution in [-0.2, 0) is 22.6 Å². The molecule has 2 atom stereocenters. The number of carbonyl (C=O) groups is 3. The summed E-state index contributed by atoms with van der Waals surface area (Å²) in [5.74, 6) is 1.44. The van der Waals surface area contributed by atoms with Crippen molar-refractivity contribution in [3.8, 4) is 28.7 Å². The molecule has 11 nitrogen and oxygen atoms in total. The predicted octanol–water partition coefficient (Wildman–Crippen LogP) is 2.76. The molecule has 0 radical (unpaired) electrons. The first-order valence-electron chi connectivity index (χ1n) is 13.9. The number of likely N-dealkylation sites (tertiary alicyclic amines) is 1. The lowest BCUT2D eigenvalue weighted by molar-refractivity contribution is -0.129. The van der Waals surface area contributed by atoms with Crippen LogP contribution < -0.4 is 34.3 Å². The molecule has 2 N–H and O–H groups in total. The van der Waals surface area contributed by atoms with Crippen molar-refractivity contribution >= 4 is 29.3 Å². The molecule has 1 fully saturated rings. The minimum atomic E-state index is -0.529. The zero-order valence-corrected chi connectivity index (χ0v) is 24.1. The lowest BCUT2D eigenvalue weighted by Gasteiger charge is -2.21. The van der Waals surface area contributed by atoms with Gasteiger partial charge in [-0.1, -0.05) is 23.7 Å². The molecule has 0 aromatic heterocycles. The molecule has 4 aliphatic rings. The van der Waals surface area contributed by atoms with Crippen molar-refractivity contribution in [3.63, 3.8) is 0 Å². The quantitative estimate of drug-likeness (QED) is 0.466. The van der Waals surface area contributed by atoms with E-state index in [1.807, 2.05) is 12.1 Å². The van der Waals surface area contributed by atoms with Gasteiger partial charge in [-0.3, -0.25) is 14.4 Å². The number of benzene rings is 3. The molecule has 1 saturated heterocycles. The summed E-state index contributed by atoms with van der Waals surface area (Å²) in [5.41, 5.74) is 1.79. The highest BCUT2D eigenvalue weighted by Crippen LogP contribution is 2.36. The Morgan fingerprint density at radius 1 is 0.977 bits per heavy atom. The van der Waals surface area contributed by atoms with Crippen LogP contribution in [-0.4, -0.2) is 74.8 Å². The number of fused-ring (bicyclic) bond motifs is 8. The van der Waals surface area contributed by atoms with Crippen molar-refractivity contribution in [1.29, 1.82) is 0 Å². The van der Waals surface area contributed by atoms with Gasteiger partial charge in [0.2, 0.25) is 5.91 Å². The van der Waals surface area contributed by atoms with Crippen LogP contribution in [0.2, 0.25) is 5.02 Å². The van der Waals surface area contributed by atoms with Crippen LogP contribution in [0.5, 0.6) is 28.7 Å². The topological polar surface area (TPSA) is 125 Å². The fourth-order valence-corrected chi connectivity index (χ4v) is 5.41. The largest absolute Gasteiger partial charge is 0.493 e. The molecule has 7 rings (SSSR count). The number of ether oxygens (including phenoxy) is 5. The van der Waals surface area contributed by atoms with Crippen molar-refractivity contribution in [2.75, 3.05) is 40.0 Å². The monoisotopic (exact) mass is 607 g/mol. The molecule has 0 spiro atoms. The van der Waals surface area contributed by atoms with Crippen LogP contribution in [0.3, 0.4) is 0 Å². The molecule has 4 heterocycles. The molecule has 43 heavy (non-hydrogen) atoms. The number of nitrogens with one attached hydrogen (secondary N) is 2. The SMILES string of the molecule is COc1ccc2cc1OCC(=O)NCc1ccc(cc1)O[C@H]1CN(C(=O)Cc3cc4c(cc3Cl)OCCO4)C[C@@H]1NC2=O. The van der Waals surface area contributed by atoms with E-state index in [4.69, 9.17) is 35.3 Å². The summed E-state index contributed by atoms with van der Waals surface area (Å²) in [6, 6.07) is 14.9. The van der Waals surface area contributed by atoms with Crippen LogP contribution in [0.25, 0.3) is 0 Å². The van der Waals surface area contributed by atoms with Crippen LogP contribution >= 0.6 is 11.6 Å². The Hall–Kier alpha value is -4.64. The molecule has 3 aromatic rings. The van der Waals surface area contributed by atoms with E-state index in [0.29, 0.717) is 58.9 Å². The van der Waals surface area contributed by atoms with Gasteiger partial charge in [0.1, 0.15) is 25.1 Å². The molecular formula is C31H30ClN3O8. The van der Waals surface area contributed by atoms with Crippen molar-refractivity contribution in [3.05, 3.63) is 76.3 Å². The second kappa shape index (κ2) is 12.3. The van der Waals surface area contributed by atoms with Gasteiger partial charge in [0.15, 0.2) is 29.6 Å². The number of carbonyl (C=O) groups excluding carboxylic acids is 3. The standard InChI is InChI=1S/C31H30ClN3O8/c1-39-24-7-4-19-10-25(24)42-17-29(36)33-14-18-2-5-21(6-3-18)43-28-16-35(15-23(28)34-31(19)38)30(37)12-20-11-26-27(13-22(20)32)41-9-8-40-26/h2-7,10-11,13,23,28H,8-9,12,14-17H2,1H3,(H,33,36)(H,34,38)/t23-,28-/m0/s1. The fraction of sp³-hybridized carbons (Fsp3) is 0.323. The summed E-state index contributed by atoms with van der Waals surface area (Å²) in [6.45, 7) is 1.39. The van der Waals surface area contributed by atoms with Crippen molar-refractivity contribution < 1.29 is 38.1 Å². The van der Waals surface area contributed by atoms with E-state index in [0.717, 1.165) is 5.56 Å². The van der Waals surface area contributed by atoms with Gasteiger partial charge in [0.05, 0.1) is 26.1 Å². The smallest absolute Gasteiger partial charge is 0.258 e. The number of methoxy groups -OCH3 is 1. The molecule has 0 unspecified atom stereocenters. The lowest BCUT2D eigenvalue weighted by Crippen LogP contribution is -2.45. The van der Waals surface area contributed by atoms with Crippen molar-refractivity contribution in [2.45, 2.75) is 25.1 Å². The van der Waals surface area contributed by atoms with E-state index in [1.54, 1.807) is 41.3 Å². The number of amides is 3. The zero-order valence-electron chi connectivity index (χ0n) is 23.4. The molecule has 4 aliphatic heterocycles. The maximum atomic E-state index is 13.5. The van der Waals surface area contributed by atoms with Gasteiger partial charge in [-0.05, 0) is 47.5 Å². The first kappa shape index (κ1) is 28.5. The van der Waals surface area contributed by atoms with Gasteiger partial charge < -0.3 is 39.2 Å². The minimum Gasteiger partial charge on any atom is -0.493 e. The normalized spacial score (nSPS) is 19.7. The van der Waals surface area contributed by atoms with E-state index in [2.05, 4.69) is 10.6 Å². The Balaban J connectivity index is 1.25. The number of nitrogens with zero attached hydrogens (tertiary/aromatic N) is 1. The van der Waals surface area contributed by atoms with Gasteiger partial charge in [0, 0.05) is 29.7 Å². The second-order valence-electron chi connectivity index (χ2n) is 10.4. The number of halogens is 1. The third kappa shape index (κ3) is 6.41. The van der Waals surface area contributed by atoms with E-state index >= 15 is 0 Å². The zero-order chi connectivity index (χ0) is 29.9. The number of hydrogen-bond donors (Lipinski definition) is 2. The third-order valence-corrected chi connectivity index (χ3v) is 7.83. The molecular weight excluding hydrogens is 578 g/mol. The van der Waals surface area contributed by atoms with Crippen LogP contribution in [0.1, 0.15) is 21.5 Å². The molecule has 0 saturated carbocycles. The average Bonchev–Trinajstić information content (AvgIpc) is 3.41. The van der Waals surface area contributed by atoms with Crippen LogP contribution in [0.4, 0.5) is 0 Å². The first-order valence-corrected chi connectivity index (χ1v) is 14.2. The Labute approximate surface area is 252 Å². The average molecular weight is 608 g/mol. The van der Waals surface area contributed by atoms with E-state index in [9.17, 15) is 14.4 Å². The maximum absolute atomic E-state index is 13.5.